The molecule has 2 fully saturated rings. The standard InChI is InChI=1S/C37H49N5O8S2.C24H33N5O5S.CH4.K.H/c1-7-49-35(44)27-16-19-42(20-17-27)34(43)31(40-51(45,46)29-15-14-26-11-8-9-12-28(26)21-29)13-10-18-39-36(38)41-52(47,48)33-24(3)23(2)32-30(25(33)4)22-37(5,6)50-32;1-2-34-23(31)18-11-14-29(15-12-18)22(30)21(8-5-13-27-24(25)26)28-35(32,33)20-10-9-17-6-3-4-7-19(17)16-20;;;/h8-9,11-12,14-15,21,27,31,40H,7,10,13,16-20,22H2,1-6H3,(H3,38,39,41);3-4,6-7,9-10,16,18,21,28H,2,5,8,11-15H2,1H3,(H4,25,26,27);1H4;;/q;;;+1;-1/t31-;21-;;;/m00.../s1. The van der Waals surface area contributed by atoms with Crippen LogP contribution in [0.15, 0.2) is 110 Å². The summed E-state index contributed by atoms with van der Waals surface area (Å²) in [5.41, 5.74) is 19.1. The Balaban J connectivity index is 0.000000399. The van der Waals surface area contributed by atoms with E-state index in [9.17, 15) is 44.4 Å². The number of rotatable bonds is 22. The molecule has 0 bridgehead atoms. The van der Waals surface area contributed by atoms with Gasteiger partial charge < -0.3 is 42.6 Å². The molecule has 5 aromatic carbocycles. The summed E-state index contributed by atoms with van der Waals surface area (Å²) in [5, 5.41) is 3.31. The van der Waals surface area contributed by atoms with Crippen molar-refractivity contribution in [3.05, 3.63) is 107 Å². The van der Waals surface area contributed by atoms with Gasteiger partial charge in [-0.05, 0) is 162 Å². The number of piperidine rings is 2. The van der Waals surface area contributed by atoms with E-state index < -0.39 is 53.7 Å². The van der Waals surface area contributed by atoms with Crippen LogP contribution in [-0.2, 0) is 65.1 Å². The van der Waals surface area contributed by atoms with E-state index in [1.165, 1.54) is 12.1 Å². The van der Waals surface area contributed by atoms with Gasteiger partial charge in [0.05, 0.1) is 39.7 Å². The first-order valence-corrected chi connectivity index (χ1v) is 33.7. The molecule has 482 valence electrons. The first-order valence-electron chi connectivity index (χ1n) is 29.3. The van der Waals surface area contributed by atoms with E-state index in [0.29, 0.717) is 75.1 Å². The molecule has 5 aromatic rings. The van der Waals surface area contributed by atoms with Crippen molar-refractivity contribution in [2.24, 2.45) is 39.0 Å². The number of hydrogen-bond acceptors (Lipinski definition) is 15. The maximum Gasteiger partial charge on any atom is 1.00 e. The average Bonchev–Trinajstić information content (AvgIpc) is 1.52. The van der Waals surface area contributed by atoms with Crippen LogP contribution in [-0.4, -0.2) is 141 Å². The number of guanidine groups is 2. The number of amides is 2. The van der Waals surface area contributed by atoms with Crippen molar-refractivity contribution in [1.82, 2.24) is 24.0 Å². The minimum absolute atomic E-state index is 0. The smallest absolute Gasteiger partial charge is 1.00 e. The number of likely N-dealkylation sites (tertiary alicyclic amines) is 2. The van der Waals surface area contributed by atoms with Gasteiger partial charge in [-0.1, -0.05) is 68.1 Å². The van der Waals surface area contributed by atoms with Crippen LogP contribution in [0.3, 0.4) is 0 Å². The molecule has 0 spiro atoms. The molecule has 0 radical (unpaired) electrons. The van der Waals surface area contributed by atoms with Gasteiger partial charge in [0, 0.05) is 51.3 Å². The minimum atomic E-state index is -4.13. The van der Waals surface area contributed by atoms with Gasteiger partial charge in [0.1, 0.15) is 23.4 Å². The van der Waals surface area contributed by atoms with Crippen molar-refractivity contribution in [3.63, 3.8) is 0 Å². The van der Waals surface area contributed by atoms with Crippen molar-refractivity contribution in [2.75, 3.05) is 52.5 Å². The third-order valence-electron chi connectivity index (χ3n) is 15.8. The van der Waals surface area contributed by atoms with Crippen LogP contribution in [0.1, 0.15) is 110 Å². The van der Waals surface area contributed by atoms with Crippen LogP contribution in [0.5, 0.6) is 5.75 Å². The number of carbonyl (C=O) groups is 4. The Morgan fingerprint density at radius 2 is 1.04 bits per heavy atom. The maximum absolute atomic E-state index is 13.8. The van der Waals surface area contributed by atoms with Crippen LogP contribution in [0.2, 0.25) is 0 Å². The fourth-order valence-electron chi connectivity index (χ4n) is 11.1. The Hall–Kier alpha value is -5.75. The number of benzene rings is 5. The van der Waals surface area contributed by atoms with Crippen molar-refractivity contribution >= 4 is 87.3 Å². The average molecular weight is 1320 g/mol. The molecule has 23 nitrogen and oxygen atoms in total. The maximum atomic E-state index is 13.8. The fraction of sp³-hybridized carbons (Fsp3) is 0.484. The Morgan fingerprint density at radius 3 is 1.46 bits per heavy atom. The van der Waals surface area contributed by atoms with Crippen molar-refractivity contribution in [1.29, 1.82) is 0 Å². The molecule has 27 heteroatoms. The number of aliphatic imine (C=N–C) groups is 2. The normalized spacial score (nSPS) is 16.1. The van der Waals surface area contributed by atoms with E-state index in [2.05, 4.69) is 24.2 Å². The number of nitrogens with zero attached hydrogens (tertiary/aromatic N) is 4. The first kappa shape index (κ1) is 74.0. The third-order valence-corrected chi connectivity index (χ3v) is 20.4. The fourth-order valence-corrected chi connectivity index (χ4v) is 15.2. The van der Waals surface area contributed by atoms with E-state index in [0.717, 1.165) is 32.7 Å². The minimum Gasteiger partial charge on any atom is -1.00 e. The van der Waals surface area contributed by atoms with Crippen LogP contribution in [0, 0.1) is 32.6 Å². The van der Waals surface area contributed by atoms with Crippen LogP contribution in [0.4, 0.5) is 0 Å². The van der Waals surface area contributed by atoms with Gasteiger partial charge in [-0.2, -0.15) is 9.44 Å². The zero-order chi connectivity index (χ0) is 63.4. The van der Waals surface area contributed by atoms with Gasteiger partial charge in [0.25, 0.3) is 10.0 Å². The van der Waals surface area contributed by atoms with E-state index in [1.807, 2.05) is 69.3 Å². The number of esters is 2. The molecule has 3 aliphatic rings. The summed E-state index contributed by atoms with van der Waals surface area (Å²) in [6, 6.07) is 22.3. The van der Waals surface area contributed by atoms with Gasteiger partial charge in [-0.15, -0.1) is 0 Å². The quantitative estimate of drug-likeness (QED) is 0.0191. The number of carbonyl (C=O) groups excluding carboxylic acids is 4. The number of nitrogens with one attached hydrogen (secondary N) is 3. The van der Waals surface area contributed by atoms with Gasteiger partial charge in [-0.3, -0.25) is 29.2 Å². The second-order valence-electron chi connectivity index (χ2n) is 22.6. The number of nitrogens with two attached hydrogens (primary N) is 3. The molecular weight excluding hydrogens is 1230 g/mol. The number of hydrogen-bond donors (Lipinski definition) is 6. The molecule has 0 aliphatic carbocycles. The predicted octanol–water partition coefficient (Wildman–Crippen LogP) is 3.10. The second-order valence-corrected chi connectivity index (χ2v) is 27.6. The zero-order valence-electron chi connectivity index (χ0n) is 52.5. The molecule has 3 aliphatic heterocycles. The van der Waals surface area contributed by atoms with Crippen LogP contribution < -0.4 is 87.5 Å². The summed E-state index contributed by atoms with van der Waals surface area (Å²) in [4.78, 5) is 63.0. The SMILES string of the molecule is C.CCOC(=O)C1CCN(C(=O)[C@H](CCCN=C(N)N)NS(=O)(=O)c2ccc3ccccc3c2)CC1.CCOC(=O)C1CCN(C(=O)[C@H](CCCN=C(N)NS(=O)(=O)c2c(C)c(C)c3c(c2C)CC(C)(C)O3)NS(=O)(=O)c2ccc3ccccc3c2)CC1.[H-].[K+]. The molecule has 0 aromatic heterocycles. The molecular formula is C62H87KN10O13S3. The van der Waals surface area contributed by atoms with Crippen LogP contribution >= 0.6 is 0 Å². The Morgan fingerprint density at radius 1 is 0.629 bits per heavy atom. The topological polar surface area (TPSA) is 344 Å². The summed E-state index contributed by atoms with van der Waals surface area (Å²) >= 11 is 0. The van der Waals surface area contributed by atoms with Crippen LogP contribution in [0.25, 0.3) is 21.5 Å². The molecule has 2 saturated heterocycles. The summed E-state index contributed by atoms with van der Waals surface area (Å²) in [5.74, 6) is -1.57. The van der Waals surface area contributed by atoms with Crippen molar-refractivity contribution in [3.8, 4) is 5.75 Å². The van der Waals surface area contributed by atoms with E-state index in [4.69, 9.17) is 31.4 Å². The van der Waals surface area contributed by atoms with Gasteiger partial charge in [0.15, 0.2) is 5.96 Å². The van der Waals surface area contributed by atoms with Gasteiger partial charge >= 0.3 is 63.3 Å². The first-order chi connectivity index (χ1) is 41.1. The van der Waals surface area contributed by atoms with E-state index >= 15 is 0 Å². The molecule has 2 atom stereocenters. The van der Waals surface area contributed by atoms with Crippen molar-refractivity contribution in [2.45, 2.75) is 146 Å². The summed E-state index contributed by atoms with van der Waals surface area (Å²) in [6.07, 6.45) is 3.23. The predicted molar refractivity (Wildman–Crippen MR) is 341 cm³/mol. The largest absolute Gasteiger partial charge is 1.00 e. The van der Waals surface area contributed by atoms with E-state index in [-0.39, 0.29) is 169 Å². The molecule has 2 amide bonds. The molecule has 0 saturated carbocycles. The molecule has 9 N–H and O–H groups in total. The number of fused-ring (bicyclic) bond motifs is 3. The Kier molecular flexibility index (Phi) is 27.0. The summed E-state index contributed by atoms with van der Waals surface area (Å²) < 4.78 is 105. The number of sulfonamides is 3. The molecule has 8 rings (SSSR count). The number of ether oxygens (including phenoxy) is 3. The summed E-state index contributed by atoms with van der Waals surface area (Å²) in [6.45, 7) is 14.8. The molecule has 89 heavy (non-hydrogen) atoms. The van der Waals surface area contributed by atoms with Crippen molar-refractivity contribution < 1.29 is 111 Å². The monoisotopic (exact) mass is 1310 g/mol. The molecule has 0 unspecified atom stereocenters. The van der Waals surface area contributed by atoms with Gasteiger partial charge in [-0.25, -0.2) is 30.0 Å². The second kappa shape index (κ2) is 32.5. The van der Waals surface area contributed by atoms with E-state index in [1.54, 1.807) is 61.8 Å². The Bertz CT molecular complexity index is 3760. The third kappa shape index (κ3) is 19.4. The van der Waals surface area contributed by atoms with Gasteiger partial charge in [0.2, 0.25) is 37.8 Å². The Labute approximate surface area is 568 Å². The molecule has 3 heterocycles. The zero-order valence-corrected chi connectivity index (χ0v) is 57.0. The summed E-state index contributed by atoms with van der Waals surface area (Å²) in [7, 11) is -12.2.